The first-order valence-corrected chi connectivity index (χ1v) is 8.75. The molecule has 122 valence electrons. The first kappa shape index (κ1) is 16.8. The van der Waals surface area contributed by atoms with Gasteiger partial charge in [-0.2, -0.15) is 0 Å². The molecule has 21 heavy (non-hydrogen) atoms. The third-order valence-corrected chi connectivity index (χ3v) is 5.10. The van der Waals surface area contributed by atoms with Gasteiger partial charge in [-0.05, 0) is 45.4 Å². The molecule has 0 atom stereocenters. The molecule has 0 amide bonds. The molecule has 0 bridgehead atoms. The minimum atomic E-state index is -0.505. The summed E-state index contributed by atoms with van der Waals surface area (Å²) in [5, 5.41) is 14.2. The van der Waals surface area contributed by atoms with Gasteiger partial charge >= 0.3 is 5.97 Å². The van der Waals surface area contributed by atoms with E-state index in [0.717, 1.165) is 51.4 Å². The highest BCUT2D eigenvalue weighted by molar-refractivity contribution is 5.72. The lowest BCUT2D eigenvalue weighted by atomic mass is 9.85. The average molecular weight is 297 g/mol. The third kappa shape index (κ3) is 5.26. The molecule has 0 saturated heterocycles. The maximum absolute atomic E-state index is 11.7. The largest absolute Gasteiger partial charge is 0.466 e. The van der Waals surface area contributed by atoms with E-state index >= 15 is 0 Å². The molecular formula is C17H31NO3. The molecule has 0 radical (unpaired) electrons. The fourth-order valence-corrected chi connectivity index (χ4v) is 3.69. The Morgan fingerprint density at radius 2 is 1.76 bits per heavy atom. The topological polar surface area (TPSA) is 58.6 Å². The highest BCUT2D eigenvalue weighted by Gasteiger charge is 2.31. The summed E-state index contributed by atoms with van der Waals surface area (Å²) in [6.07, 6.45) is 10.5. The van der Waals surface area contributed by atoms with Gasteiger partial charge in [0.05, 0.1) is 18.1 Å². The molecule has 4 nitrogen and oxygen atoms in total. The molecule has 0 unspecified atom stereocenters. The zero-order valence-electron chi connectivity index (χ0n) is 13.4. The number of hydrogen-bond donors (Lipinski definition) is 2. The van der Waals surface area contributed by atoms with E-state index in [-0.39, 0.29) is 11.9 Å². The molecule has 4 heteroatoms. The number of nitrogens with one attached hydrogen (secondary N) is 1. The van der Waals surface area contributed by atoms with E-state index in [1.807, 2.05) is 6.92 Å². The number of esters is 1. The lowest BCUT2D eigenvalue weighted by Gasteiger charge is -2.32. The fourth-order valence-electron chi connectivity index (χ4n) is 3.69. The molecular weight excluding hydrogens is 266 g/mol. The first-order chi connectivity index (χ1) is 10.1. The quantitative estimate of drug-likeness (QED) is 0.605. The van der Waals surface area contributed by atoms with Crippen LogP contribution in [-0.2, 0) is 9.53 Å². The average Bonchev–Trinajstić information content (AvgIpc) is 2.71. The van der Waals surface area contributed by atoms with E-state index in [1.54, 1.807) is 0 Å². The zero-order chi connectivity index (χ0) is 15.1. The van der Waals surface area contributed by atoms with Gasteiger partial charge in [0.25, 0.3) is 0 Å². The molecule has 2 rings (SSSR count). The second-order valence-corrected chi connectivity index (χ2v) is 6.82. The summed E-state index contributed by atoms with van der Waals surface area (Å²) in [6, 6.07) is 0.447. The van der Waals surface area contributed by atoms with Gasteiger partial charge in [0.1, 0.15) is 0 Å². The fraction of sp³-hybridized carbons (Fsp3) is 0.941. The first-order valence-electron chi connectivity index (χ1n) is 8.75. The van der Waals surface area contributed by atoms with Crippen molar-refractivity contribution in [3.8, 4) is 0 Å². The second-order valence-electron chi connectivity index (χ2n) is 6.82. The van der Waals surface area contributed by atoms with Gasteiger partial charge in [-0.25, -0.2) is 0 Å². The number of hydrogen-bond acceptors (Lipinski definition) is 4. The van der Waals surface area contributed by atoms with Gasteiger partial charge in [0, 0.05) is 12.6 Å². The van der Waals surface area contributed by atoms with E-state index in [2.05, 4.69) is 5.32 Å². The van der Waals surface area contributed by atoms with Crippen molar-refractivity contribution in [3.05, 3.63) is 0 Å². The Balaban J connectivity index is 1.69. The van der Waals surface area contributed by atoms with Gasteiger partial charge in [0.15, 0.2) is 0 Å². The maximum atomic E-state index is 11.7. The molecule has 0 aromatic carbocycles. The summed E-state index contributed by atoms with van der Waals surface area (Å²) in [4.78, 5) is 11.7. The summed E-state index contributed by atoms with van der Waals surface area (Å²) in [7, 11) is 0. The number of carbonyl (C=O) groups excluding carboxylic acids is 1. The summed E-state index contributed by atoms with van der Waals surface area (Å²) < 4.78 is 5.10. The minimum absolute atomic E-state index is 0.0293. The van der Waals surface area contributed by atoms with E-state index in [9.17, 15) is 9.90 Å². The summed E-state index contributed by atoms with van der Waals surface area (Å²) in [5.41, 5.74) is -0.505. The van der Waals surface area contributed by atoms with Crippen molar-refractivity contribution in [1.29, 1.82) is 0 Å². The third-order valence-electron chi connectivity index (χ3n) is 5.10. The molecule has 2 fully saturated rings. The molecule has 0 aromatic rings. The number of ether oxygens (including phenoxy) is 1. The predicted molar refractivity (Wildman–Crippen MR) is 83.0 cm³/mol. The second kappa shape index (κ2) is 8.14. The van der Waals surface area contributed by atoms with Gasteiger partial charge in [-0.1, -0.05) is 25.7 Å². The summed E-state index contributed by atoms with van der Waals surface area (Å²) in [5.74, 6) is 0.0577. The molecule has 2 saturated carbocycles. The standard InChI is InChI=1S/C17H31NO3/c1-2-21-16(19)14-7-9-15(10-8-14)18-13-17(20)11-5-3-4-6-12-17/h14-15,18,20H,2-13H2,1H3. The van der Waals surface area contributed by atoms with Crippen LogP contribution < -0.4 is 5.32 Å². The maximum Gasteiger partial charge on any atom is 0.308 e. The van der Waals surface area contributed by atoms with Crippen LogP contribution in [0.4, 0.5) is 0 Å². The van der Waals surface area contributed by atoms with Gasteiger partial charge in [-0.3, -0.25) is 4.79 Å². The highest BCUT2D eigenvalue weighted by Crippen LogP contribution is 2.28. The van der Waals surface area contributed by atoms with Crippen LogP contribution >= 0.6 is 0 Å². The zero-order valence-corrected chi connectivity index (χ0v) is 13.4. The molecule has 0 aliphatic heterocycles. The highest BCUT2D eigenvalue weighted by atomic mass is 16.5. The van der Waals surface area contributed by atoms with Crippen molar-refractivity contribution in [2.45, 2.75) is 82.8 Å². The Bertz CT molecular complexity index is 316. The van der Waals surface area contributed by atoms with Crippen LogP contribution in [0.5, 0.6) is 0 Å². The van der Waals surface area contributed by atoms with Crippen molar-refractivity contribution in [2.75, 3.05) is 13.2 Å². The Morgan fingerprint density at radius 3 is 2.33 bits per heavy atom. The minimum Gasteiger partial charge on any atom is -0.466 e. The lowest BCUT2D eigenvalue weighted by Crippen LogP contribution is -2.45. The van der Waals surface area contributed by atoms with Crippen molar-refractivity contribution < 1.29 is 14.6 Å². The van der Waals surface area contributed by atoms with E-state index < -0.39 is 5.60 Å². The number of rotatable bonds is 5. The monoisotopic (exact) mass is 297 g/mol. The van der Waals surface area contributed by atoms with E-state index in [1.165, 1.54) is 12.8 Å². The van der Waals surface area contributed by atoms with Crippen LogP contribution in [0.2, 0.25) is 0 Å². The van der Waals surface area contributed by atoms with Crippen LogP contribution in [-0.4, -0.2) is 35.9 Å². The predicted octanol–water partition coefficient (Wildman–Crippen LogP) is 2.78. The molecule has 0 aromatic heterocycles. The van der Waals surface area contributed by atoms with Crippen molar-refractivity contribution >= 4 is 5.97 Å². The Kier molecular flexibility index (Phi) is 6.49. The molecule has 0 spiro atoms. The van der Waals surface area contributed by atoms with Crippen LogP contribution in [0.25, 0.3) is 0 Å². The Morgan fingerprint density at radius 1 is 1.14 bits per heavy atom. The van der Waals surface area contributed by atoms with Crippen molar-refractivity contribution in [2.24, 2.45) is 5.92 Å². The lowest BCUT2D eigenvalue weighted by molar-refractivity contribution is -0.149. The molecule has 0 heterocycles. The summed E-state index contributed by atoms with van der Waals surface area (Å²) >= 11 is 0. The summed E-state index contributed by atoms with van der Waals surface area (Å²) in [6.45, 7) is 3.05. The van der Waals surface area contributed by atoms with Crippen LogP contribution in [0.1, 0.15) is 71.1 Å². The number of carbonyl (C=O) groups is 1. The SMILES string of the molecule is CCOC(=O)C1CCC(NCC2(O)CCCCCC2)CC1. The van der Waals surface area contributed by atoms with E-state index in [4.69, 9.17) is 4.74 Å². The normalized spacial score (nSPS) is 29.6. The van der Waals surface area contributed by atoms with Crippen LogP contribution in [0.15, 0.2) is 0 Å². The van der Waals surface area contributed by atoms with Crippen LogP contribution in [0.3, 0.4) is 0 Å². The van der Waals surface area contributed by atoms with E-state index in [0.29, 0.717) is 19.2 Å². The van der Waals surface area contributed by atoms with Gasteiger partial charge in [0.2, 0.25) is 0 Å². The van der Waals surface area contributed by atoms with Crippen molar-refractivity contribution in [3.63, 3.8) is 0 Å². The Hall–Kier alpha value is -0.610. The molecule has 2 N–H and O–H groups in total. The smallest absolute Gasteiger partial charge is 0.308 e. The van der Waals surface area contributed by atoms with Gasteiger partial charge in [-0.15, -0.1) is 0 Å². The van der Waals surface area contributed by atoms with Crippen LogP contribution in [0, 0.1) is 5.92 Å². The van der Waals surface area contributed by atoms with Gasteiger partial charge < -0.3 is 15.2 Å². The molecule has 2 aliphatic carbocycles. The molecule has 2 aliphatic rings. The van der Waals surface area contributed by atoms with Crippen molar-refractivity contribution in [1.82, 2.24) is 5.32 Å². The number of aliphatic hydroxyl groups is 1. The Labute approximate surface area is 128 Å².